The van der Waals surface area contributed by atoms with Crippen LogP contribution in [0.3, 0.4) is 0 Å². The number of aliphatic hydroxyl groups is 1. The van der Waals surface area contributed by atoms with E-state index >= 15 is 0 Å². The number of hydrogen-bond donors (Lipinski definition) is 1. The van der Waals surface area contributed by atoms with E-state index in [1.165, 1.54) is 16.4 Å². The summed E-state index contributed by atoms with van der Waals surface area (Å²) in [5.41, 5.74) is 0.985. The molecular formula is C15H22N2O3S. The first-order chi connectivity index (χ1) is 9.97. The first kappa shape index (κ1) is 17.6. The van der Waals surface area contributed by atoms with Crippen LogP contribution >= 0.6 is 0 Å². The van der Waals surface area contributed by atoms with Crippen LogP contribution in [0.5, 0.6) is 0 Å². The molecule has 1 aromatic rings. The Morgan fingerprint density at radius 3 is 2.52 bits per heavy atom. The Morgan fingerprint density at radius 1 is 1.29 bits per heavy atom. The van der Waals surface area contributed by atoms with Crippen molar-refractivity contribution in [3.8, 4) is 6.07 Å². The van der Waals surface area contributed by atoms with Gasteiger partial charge in [-0.1, -0.05) is 19.8 Å². The number of aryl methyl sites for hydroxylation is 1. The van der Waals surface area contributed by atoms with E-state index in [1.54, 1.807) is 13.0 Å². The Bertz CT molecular complexity index is 606. The van der Waals surface area contributed by atoms with Crippen LogP contribution < -0.4 is 0 Å². The van der Waals surface area contributed by atoms with Gasteiger partial charge in [-0.25, -0.2) is 8.42 Å². The Morgan fingerprint density at radius 2 is 2.00 bits per heavy atom. The van der Waals surface area contributed by atoms with Crippen LogP contribution in [0, 0.1) is 18.3 Å². The molecule has 1 rings (SSSR count). The number of unbranched alkanes of at least 4 members (excludes halogenated alkanes) is 2. The molecule has 1 N–H and O–H groups in total. The first-order valence-corrected chi connectivity index (χ1v) is 8.53. The van der Waals surface area contributed by atoms with Crippen LogP contribution in [0.15, 0.2) is 23.1 Å². The van der Waals surface area contributed by atoms with Crippen molar-refractivity contribution in [2.45, 2.75) is 38.0 Å². The molecule has 0 bridgehead atoms. The van der Waals surface area contributed by atoms with Crippen molar-refractivity contribution in [2.75, 3.05) is 19.7 Å². The quantitative estimate of drug-likeness (QED) is 0.745. The summed E-state index contributed by atoms with van der Waals surface area (Å²) < 4.78 is 26.7. The fourth-order valence-electron chi connectivity index (χ4n) is 2.15. The van der Waals surface area contributed by atoms with Gasteiger partial charge in [0.05, 0.1) is 23.1 Å². The standard InChI is InChI=1S/C15H22N2O3S/c1-3-4-5-8-17(9-10-18)21(19,20)15-7-6-14(12-16)11-13(15)2/h6-7,11,18H,3-5,8-10H2,1-2H3. The average molecular weight is 310 g/mol. The summed E-state index contributed by atoms with van der Waals surface area (Å²) >= 11 is 0. The third-order valence-electron chi connectivity index (χ3n) is 3.28. The maximum Gasteiger partial charge on any atom is 0.243 e. The molecule has 0 fully saturated rings. The second kappa shape index (κ2) is 8.13. The molecule has 0 aliphatic carbocycles. The first-order valence-electron chi connectivity index (χ1n) is 7.09. The molecule has 5 nitrogen and oxygen atoms in total. The lowest BCUT2D eigenvalue weighted by Crippen LogP contribution is -2.34. The van der Waals surface area contributed by atoms with Gasteiger partial charge < -0.3 is 5.11 Å². The number of hydrogen-bond acceptors (Lipinski definition) is 4. The van der Waals surface area contributed by atoms with Gasteiger partial charge in [-0.2, -0.15) is 9.57 Å². The summed E-state index contributed by atoms with van der Waals surface area (Å²) in [7, 11) is -3.64. The second-order valence-electron chi connectivity index (χ2n) is 4.93. The smallest absolute Gasteiger partial charge is 0.243 e. The Balaban J connectivity index is 3.08. The van der Waals surface area contributed by atoms with Crippen LogP contribution in [0.2, 0.25) is 0 Å². The molecule has 0 saturated heterocycles. The van der Waals surface area contributed by atoms with E-state index < -0.39 is 10.0 Å². The molecule has 0 aliphatic rings. The number of nitriles is 1. The monoisotopic (exact) mass is 310 g/mol. The minimum Gasteiger partial charge on any atom is -0.395 e. The highest BCUT2D eigenvalue weighted by atomic mass is 32.2. The van der Waals surface area contributed by atoms with Crippen molar-refractivity contribution in [3.05, 3.63) is 29.3 Å². The maximum absolute atomic E-state index is 12.7. The van der Waals surface area contributed by atoms with Crippen LogP contribution in [0.25, 0.3) is 0 Å². The van der Waals surface area contributed by atoms with Crippen molar-refractivity contribution >= 4 is 10.0 Å². The molecule has 0 amide bonds. The van der Waals surface area contributed by atoms with E-state index in [1.807, 2.05) is 6.07 Å². The number of rotatable bonds is 8. The number of nitrogens with zero attached hydrogens (tertiary/aromatic N) is 2. The zero-order chi connectivity index (χ0) is 15.9. The summed E-state index contributed by atoms with van der Waals surface area (Å²) in [6, 6.07) is 6.53. The zero-order valence-electron chi connectivity index (χ0n) is 12.5. The average Bonchev–Trinajstić information content (AvgIpc) is 2.46. The molecule has 0 spiro atoms. The molecule has 1 aromatic carbocycles. The third kappa shape index (κ3) is 4.53. The minimum absolute atomic E-state index is 0.0888. The lowest BCUT2D eigenvalue weighted by atomic mass is 10.2. The van der Waals surface area contributed by atoms with Gasteiger partial charge in [-0.3, -0.25) is 0 Å². The van der Waals surface area contributed by atoms with Gasteiger partial charge in [-0.05, 0) is 37.1 Å². The van der Waals surface area contributed by atoms with Gasteiger partial charge in [0.15, 0.2) is 0 Å². The van der Waals surface area contributed by atoms with Crippen molar-refractivity contribution in [3.63, 3.8) is 0 Å². The molecule has 0 atom stereocenters. The van der Waals surface area contributed by atoms with Crippen LogP contribution in [0.4, 0.5) is 0 Å². The molecule has 6 heteroatoms. The summed E-state index contributed by atoms with van der Waals surface area (Å²) in [6.45, 7) is 4.01. The zero-order valence-corrected chi connectivity index (χ0v) is 13.4. The molecular weight excluding hydrogens is 288 g/mol. The van der Waals surface area contributed by atoms with Gasteiger partial charge in [0, 0.05) is 13.1 Å². The number of sulfonamides is 1. The lowest BCUT2D eigenvalue weighted by molar-refractivity contribution is 0.252. The molecule has 0 heterocycles. The van der Waals surface area contributed by atoms with E-state index in [2.05, 4.69) is 6.92 Å². The second-order valence-corrected chi connectivity index (χ2v) is 6.83. The number of aliphatic hydroxyl groups excluding tert-OH is 1. The van der Waals surface area contributed by atoms with Gasteiger partial charge in [0.1, 0.15) is 0 Å². The predicted octanol–water partition coefficient (Wildman–Crippen LogP) is 2.04. The highest BCUT2D eigenvalue weighted by molar-refractivity contribution is 7.89. The van der Waals surface area contributed by atoms with E-state index in [-0.39, 0.29) is 18.0 Å². The fraction of sp³-hybridized carbons (Fsp3) is 0.533. The van der Waals surface area contributed by atoms with Crippen LogP contribution in [0.1, 0.15) is 37.3 Å². The lowest BCUT2D eigenvalue weighted by Gasteiger charge is -2.22. The highest BCUT2D eigenvalue weighted by Gasteiger charge is 2.25. The van der Waals surface area contributed by atoms with Gasteiger partial charge in [0.25, 0.3) is 0 Å². The van der Waals surface area contributed by atoms with E-state index in [0.29, 0.717) is 17.7 Å². The Hall–Kier alpha value is -1.42. The van der Waals surface area contributed by atoms with Crippen molar-refractivity contribution in [1.82, 2.24) is 4.31 Å². The van der Waals surface area contributed by atoms with Crippen molar-refractivity contribution in [2.24, 2.45) is 0 Å². The van der Waals surface area contributed by atoms with Gasteiger partial charge in [-0.15, -0.1) is 0 Å². The predicted molar refractivity (Wildman–Crippen MR) is 81.3 cm³/mol. The summed E-state index contributed by atoms with van der Waals surface area (Å²) in [5.74, 6) is 0. The Labute approximate surface area is 126 Å². The summed E-state index contributed by atoms with van der Waals surface area (Å²) in [4.78, 5) is 0.200. The highest BCUT2D eigenvalue weighted by Crippen LogP contribution is 2.21. The van der Waals surface area contributed by atoms with Gasteiger partial charge >= 0.3 is 0 Å². The van der Waals surface area contributed by atoms with Crippen molar-refractivity contribution in [1.29, 1.82) is 5.26 Å². The van der Waals surface area contributed by atoms with Crippen LogP contribution in [-0.2, 0) is 10.0 Å². The minimum atomic E-state index is -3.64. The van der Waals surface area contributed by atoms with Gasteiger partial charge in [0.2, 0.25) is 10.0 Å². The molecule has 0 aromatic heterocycles. The van der Waals surface area contributed by atoms with E-state index in [4.69, 9.17) is 10.4 Å². The Kier molecular flexibility index (Phi) is 6.82. The molecule has 0 aliphatic heterocycles. The van der Waals surface area contributed by atoms with Crippen molar-refractivity contribution < 1.29 is 13.5 Å². The summed E-state index contributed by atoms with van der Waals surface area (Å²) in [6.07, 6.45) is 2.72. The number of benzene rings is 1. The fourth-order valence-corrected chi connectivity index (χ4v) is 3.82. The largest absolute Gasteiger partial charge is 0.395 e. The third-order valence-corrected chi connectivity index (χ3v) is 5.34. The normalized spacial score (nSPS) is 11.6. The summed E-state index contributed by atoms with van der Waals surface area (Å²) in [5, 5.41) is 18.0. The molecule has 0 unspecified atom stereocenters. The molecule has 0 radical (unpaired) electrons. The van der Waals surface area contributed by atoms with E-state index in [0.717, 1.165) is 19.3 Å². The van der Waals surface area contributed by atoms with Crippen LogP contribution in [-0.4, -0.2) is 37.5 Å². The maximum atomic E-state index is 12.7. The molecule has 0 saturated carbocycles. The van der Waals surface area contributed by atoms with E-state index in [9.17, 15) is 8.42 Å². The molecule has 21 heavy (non-hydrogen) atoms. The molecule has 116 valence electrons. The topological polar surface area (TPSA) is 81.4 Å². The SMILES string of the molecule is CCCCCN(CCO)S(=O)(=O)c1ccc(C#N)cc1C.